The Bertz CT molecular complexity index is 359. The molecule has 0 spiro atoms. The Morgan fingerprint density at radius 3 is 2.47 bits per heavy atom. The molecule has 2 aliphatic rings. The number of hydrogen-bond acceptors (Lipinski definition) is 4. The molecule has 0 aromatic heterocycles. The molecular weight excluding hydrogens is 236 g/mol. The second kappa shape index (κ2) is 4.86. The van der Waals surface area contributed by atoms with Crippen molar-refractivity contribution in [2.24, 2.45) is 5.92 Å². The highest BCUT2D eigenvalue weighted by atomic mass is 32.2. The van der Waals surface area contributed by atoms with E-state index < -0.39 is 14.6 Å². The number of hydrogen-bond donors (Lipinski definition) is 1. The van der Waals surface area contributed by atoms with Crippen LogP contribution >= 0.6 is 0 Å². The first kappa shape index (κ1) is 13.3. The third kappa shape index (κ3) is 2.66. The van der Waals surface area contributed by atoms with Crippen molar-refractivity contribution in [2.45, 2.75) is 31.4 Å². The molecule has 17 heavy (non-hydrogen) atoms. The summed E-state index contributed by atoms with van der Waals surface area (Å²) in [6.45, 7) is 9.17. The largest absolute Gasteiger partial charge is 0.314 e. The zero-order valence-corrected chi connectivity index (χ0v) is 11.7. The molecule has 5 heteroatoms. The Morgan fingerprint density at radius 1 is 1.29 bits per heavy atom. The highest BCUT2D eigenvalue weighted by molar-refractivity contribution is 7.93. The van der Waals surface area contributed by atoms with E-state index in [0.29, 0.717) is 11.7 Å². The average molecular weight is 260 g/mol. The Hall–Kier alpha value is -0.130. The average Bonchev–Trinajstić information content (AvgIpc) is 2.49. The minimum atomic E-state index is -2.86. The van der Waals surface area contributed by atoms with Crippen molar-refractivity contribution in [2.75, 3.05) is 38.5 Å². The SMILES string of the molecule is CC1(C)C(CCN2CCNCC2)CCS1(=O)=O. The molecule has 0 amide bonds. The molecule has 0 aromatic carbocycles. The van der Waals surface area contributed by atoms with Crippen molar-refractivity contribution < 1.29 is 8.42 Å². The summed E-state index contributed by atoms with van der Waals surface area (Å²) < 4.78 is 23.3. The van der Waals surface area contributed by atoms with Crippen LogP contribution in [0.25, 0.3) is 0 Å². The lowest BCUT2D eigenvalue weighted by Crippen LogP contribution is -2.45. The van der Waals surface area contributed by atoms with Gasteiger partial charge in [-0.3, -0.25) is 0 Å². The van der Waals surface area contributed by atoms with Crippen LogP contribution in [-0.4, -0.2) is 56.5 Å². The summed E-state index contributed by atoms with van der Waals surface area (Å²) >= 11 is 0. The van der Waals surface area contributed by atoms with Gasteiger partial charge in [-0.25, -0.2) is 8.42 Å². The molecule has 2 fully saturated rings. The van der Waals surface area contributed by atoms with Gasteiger partial charge in [0.15, 0.2) is 9.84 Å². The smallest absolute Gasteiger partial charge is 0.155 e. The molecule has 2 rings (SSSR count). The van der Waals surface area contributed by atoms with E-state index in [1.807, 2.05) is 13.8 Å². The van der Waals surface area contributed by atoms with Crippen LogP contribution in [0.1, 0.15) is 26.7 Å². The topological polar surface area (TPSA) is 49.4 Å². The van der Waals surface area contributed by atoms with Crippen molar-refractivity contribution in [3.63, 3.8) is 0 Å². The first-order valence-electron chi connectivity index (χ1n) is 6.59. The van der Waals surface area contributed by atoms with Gasteiger partial charge >= 0.3 is 0 Å². The minimum Gasteiger partial charge on any atom is -0.314 e. The maximum absolute atomic E-state index is 11.9. The minimum absolute atomic E-state index is 0.336. The van der Waals surface area contributed by atoms with E-state index in [1.165, 1.54) is 0 Å². The molecule has 2 heterocycles. The molecule has 0 aliphatic carbocycles. The number of piperazine rings is 1. The van der Waals surface area contributed by atoms with Crippen molar-refractivity contribution in [1.29, 1.82) is 0 Å². The van der Waals surface area contributed by atoms with Gasteiger partial charge in [-0.2, -0.15) is 0 Å². The predicted molar refractivity (Wildman–Crippen MR) is 69.9 cm³/mol. The van der Waals surface area contributed by atoms with Gasteiger partial charge < -0.3 is 10.2 Å². The fourth-order valence-corrected chi connectivity index (χ4v) is 4.79. The first-order valence-corrected chi connectivity index (χ1v) is 8.24. The van der Waals surface area contributed by atoms with E-state index in [1.54, 1.807) is 0 Å². The maximum atomic E-state index is 11.9. The van der Waals surface area contributed by atoms with Gasteiger partial charge in [-0.15, -0.1) is 0 Å². The summed E-state index contributed by atoms with van der Waals surface area (Å²) in [7, 11) is -2.86. The van der Waals surface area contributed by atoms with Crippen LogP contribution in [0.2, 0.25) is 0 Å². The van der Waals surface area contributed by atoms with Crippen LogP contribution < -0.4 is 5.32 Å². The summed E-state index contributed by atoms with van der Waals surface area (Å²) in [6, 6.07) is 0. The summed E-state index contributed by atoms with van der Waals surface area (Å²) in [5.41, 5.74) is 0. The van der Waals surface area contributed by atoms with Gasteiger partial charge in [0.2, 0.25) is 0 Å². The summed E-state index contributed by atoms with van der Waals surface area (Å²) in [6.07, 6.45) is 1.87. The van der Waals surface area contributed by atoms with Crippen LogP contribution in [0, 0.1) is 5.92 Å². The van der Waals surface area contributed by atoms with Crippen LogP contribution in [0.15, 0.2) is 0 Å². The van der Waals surface area contributed by atoms with Gasteiger partial charge in [-0.05, 0) is 39.2 Å². The van der Waals surface area contributed by atoms with E-state index in [0.717, 1.165) is 45.6 Å². The Kier molecular flexibility index (Phi) is 3.80. The fraction of sp³-hybridized carbons (Fsp3) is 1.00. The summed E-state index contributed by atoms with van der Waals surface area (Å²) in [5, 5.41) is 3.33. The van der Waals surface area contributed by atoms with Crippen molar-refractivity contribution in [3.05, 3.63) is 0 Å². The molecule has 1 atom stereocenters. The molecule has 2 saturated heterocycles. The third-order valence-electron chi connectivity index (χ3n) is 4.52. The van der Waals surface area contributed by atoms with Crippen LogP contribution in [0.5, 0.6) is 0 Å². The Balaban J connectivity index is 1.88. The Labute approximate surface area is 105 Å². The second-order valence-electron chi connectivity index (χ2n) is 5.79. The van der Waals surface area contributed by atoms with Gasteiger partial charge in [0.05, 0.1) is 10.5 Å². The van der Waals surface area contributed by atoms with E-state index in [2.05, 4.69) is 10.2 Å². The van der Waals surface area contributed by atoms with E-state index in [-0.39, 0.29) is 0 Å². The van der Waals surface area contributed by atoms with Crippen LogP contribution in [0.4, 0.5) is 0 Å². The standard InChI is InChI=1S/C12H24N2O2S/c1-12(2)11(4-10-17(12,15)16)3-7-14-8-5-13-6-9-14/h11,13H,3-10H2,1-2H3. The highest BCUT2D eigenvalue weighted by Crippen LogP contribution is 2.39. The Morgan fingerprint density at radius 2 is 1.94 bits per heavy atom. The number of sulfone groups is 1. The molecule has 0 radical (unpaired) electrons. The van der Waals surface area contributed by atoms with Gasteiger partial charge in [0.25, 0.3) is 0 Å². The third-order valence-corrected chi connectivity index (χ3v) is 7.23. The normalized spacial score (nSPS) is 32.7. The highest BCUT2D eigenvalue weighted by Gasteiger charge is 2.46. The van der Waals surface area contributed by atoms with Crippen molar-refractivity contribution in [3.8, 4) is 0 Å². The van der Waals surface area contributed by atoms with Crippen LogP contribution in [-0.2, 0) is 9.84 Å². The van der Waals surface area contributed by atoms with Crippen molar-refractivity contribution >= 4 is 9.84 Å². The molecule has 100 valence electrons. The maximum Gasteiger partial charge on any atom is 0.155 e. The predicted octanol–water partition coefficient (Wildman–Crippen LogP) is 0.495. The van der Waals surface area contributed by atoms with Crippen molar-refractivity contribution in [1.82, 2.24) is 10.2 Å². The first-order chi connectivity index (χ1) is 7.93. The summed E-state index contributed by atoms with van der Waals surface area (Å²) in [5.74, 6) is 0.717. The number of rotatable bonds is 3. The fourth-order valence-electron chi connectivity index (χ4n) is 2.93. The van der Waals surface area contributed by atoms with Gasteiger partial charge in [0, 0.05) is 26.2 Å². The molecule has 0 saturated carbocycles. The van der Waals surface area contributed by atoms with E-state index in [4.69, 9.17) is 0 Å². The zero-order chi connectivity index (χ0) is 12.5. The molecule has 0 aromatic rings. The quantitative estimate of drug-likeness (QED) is 0.802. The number of nitrogens with one attached hydrogen (secondary N) is 1. The second-order valence-corrected chi connectivity index (χ2v) is 8.48. The van der Waals surface area contributed by atoms with E-state index >= 15 is 0 Å². The molecule has 2 aliphatic heterocycles. The molecular formula is C12H24N2O2S. The molecule has 0 bridgehead atoms. The van der Waals surface area contributed by atoms with E-state index in [9.17, 15) is 8.42 Å². The monoisotopic (exact) mass is 260 g/mol. The number of nitrogens with zero attached hydrogens (tertiary/aromatic N) is 1. The van der Waals surface area contributed by atoms with Gasteiger partial charge in [0.1, 0.15) is 0 Å². The lowest BCUT2D eigenvalue weighted by molar-refractivity contribution is 0.216. The lowest BCUT2D eigenvalue weighted by atomic mass is 9.89. The zero-order valence-electron chi connectivity index (χ0n) is 10.9. The van der Waals surface area contributed by atoms with Gasteiger partial charge in [-0.1, -0.05) is 0 Å². The van der Waals surface area contributed by atoms with Crippen LogP contribution in [0.3, 0.4) is 0 Å². The molecule has 1 unspecified atom stereocenters. The molecule has 1 N–H and O–H groups in total. The lowest BCUT2D eigenvalue weighted by Gasteiger charge is -2.31. The summed E-state index contributed by atoms with van der Waals surface area (Å²) in [4.78, 5) is 2.44. The molecule has 4 nitrogen and oxygen atoms in total.